The Labute approximate surface area is 208 Å². The van der Waals surface area contributed by atoms with Crippen molar-refractivity contribution >= 4 is 34.3 Å². The lowest BCUT2D eigenvalue weighted by molar-refractivity contribution is -0.113. The first-order chi connectivity index (χ1) is 17.0. The minimum absolute atomic E-state index is 0.0750. The van der Waals surface area contributed by atoms with Gasteiger partial charge < -0.3 is 9.88 Å². The van der Waals surface area contributed by atoms with Crippen LogP contribution in [0.2, 0.25) is 0 Å². The smallest absolute Gasteiger partial charge is 0.234 e. The van der Waals surface area contributed by atoms with E-state index in [0.717, 1.165) is 50.4 Å². The number of hydrogen-bond acceptors (Lipinski definition) is 5. The maximum absolute atomic E-state index is 12.6. The van der Waals surface area contributed by atoms with Crippen molar-refractivity contribution < 1.29 is 4.79 Å². The highest BCUT2D eigenvalue weighted by molar-refractivity contribution is 7.99. The number of aryl methyl sites for hydroxylation is 2. The third-order valence-corrected chi connectivity index (χ3v) is 6.88. The molecule has 3 aromatic carbocycles. The number of hydrogen-bond donors (Lipinski definition) is 1. The molecule has 5 rings (SSSR count). The standard InChI is InChI=1S/C28H25N5OS/c1-18-13-14-19(2)24(15-18)30-26(34)17-35-28-32-31-27(33(28)3)22-16-25(20-9-5-4-6-10-20)29-23-12-8-7-11-21(22)23/h4-16H,17H2,1-3H3,(H,30,34). The van der Waals surface area contributed by atoms with Crippen molar-refractivity contribution in [1.82, 2.24) is 19.7 Å². The van der Waals surface area contributed by atoms with Gasteiger partial charge in [0.2, 0.25) is 5.91 Å². The van der Waals surface area contributed by atoms with E-state index in [1.54, 1.807) is 0 Å². The predicted octanol–water partition coefficient (Wildman–Crippen LogP) is 6.04. The molecule has 0 aliphatic carbocycles. The van der Waals surface area contributed by atoms with E-state index in [4.69, 9.17) is 4.98 Å². The molecule has 2 aromatic heterocycles. The summed E-state index contributed by atoms with van der Waals surface area (Å²) in [4.78, 5) is 17.5. The van der Waals surface area contributed by atoms with E-state index in [0.29, 0.717) is 5.16 Å². The van der Waals surface area contributed by atoms with E-state index in [1.165, 1.54) is 11.8 Å². The molecule has 174 valence electrons. The molecule has 5 aromatic rings. The second-order valence-corrected chi connectivity index (χ2v) is 9.40. The monoisotopic (exact) mass is 479 g/mol. The zero-order valence-electron chi connectivity index (χ0n) is 19.8. The third-order valence-electron chi connectivity index (χ3n) is 5.86. The Morgan fingerprint density at radius 3 is 2.54 bits per heavy atom. The molecule has 0 atom stereocenters. The second-order valence-electron chi connectivity index (χ2n) is 8.46. The van der Waals surface area contributed by atoms with E-state index < -0.39 is 0 Å². The lowest BCUT2D eigenvalue weighted by Gasteiger charge is -2.11. The van der Waals surface area contributed by atoms with Crippen LogP contribution < -0.4 is 5.32 Å². The number of rotatable bonds is 6. The number of nitrogens with zero attached hydrogens (tertiary/aromatic N) is 4. The number of amides is 1. The molecule has 7 heteroatoms. The first kappa shape index (κ1) is 22.8. The third kappa shape index (κ3) is 4.81. The fourth-order valence-electron chi connectivity index (χ4n) is 3.98. The van der Waals surface area contributed by atoms with Gasteiger partial charge in [-0.05, 0) is 43.2 Å². The number of aromatic nitrogens is 4. The number of carbonyl (C=O) groups is 1. The Kier molecular flexibility index (Phi) is 6.33. The Morgan fingerprint density at radius 1 is 0.943 bits per heavy atom. The quantitative estimate of drug-likeness (QED) is 0.300. The minimum Gasteiger partial charge on any atom is -0.325 e. The number of nitrogens with one attached hydrogen (secondary N) is 1. The van der Waals surface area contributed by atoms with Crippen LogP contribution >= 0.6 is 11.8 Å². The summed E-state index contributed by atoms with van der Waals surface area (Å²) in [5.41, 5.74) is 6.75. The summed E-state index contributed by atoms with van der Waals surface area (Å²) in [6, 6.07) is 26.2. The van der Waals surface area contributed by atoms with Crippen molar-refractivity contribution in [3.8, 4) is 22.6 Å². The van der Waals surface area contributed by atoms with Gasteiger partial charge in [-0.1, -0.05) is 72.4 Å². The molecule has 0 aliphatic heterocycles. The van der Waals surface area contributed by atoms with Gasteiger partial charge in [-0.15, -0.1) is 10.2 Å². The minimum atomic E-state index is -0.0750. The van der Waals surface area contributed by atoms with Gasteiger partial charge in [-0.3, -0.25) is 4.79 Å². The average Bonchev–Trinajstić information content (AvgIpc) is 3.24. The molecule has 6 nitrogen and oxygen atoms in total. The van der Waals surface area contributed by atoms with Gasteiger partial charge in [0, 0.05) is 29.2 Å². The summed E-state index contributed by atoms with van der Waals surface area (Å²) in [5, 5.41) is 13.6. The summed E-state index contributed by atoms with van der Waals surface area (Å²) in [6.45, 7) is 4.00. The van der Waals surface area contributed by atoms with Crippen LogP contribution in [0.3, 0.4) is 0 Å². The van der Waals surface area contributed by atoms with E-state index in [-0.39, 0.29) is 11.7 Å². The number of benzene rings is 3. The molecule has 35 heavy (non-hydrogen) atoms. The van der Waals surface area contributed by atoms with E-state index in [1.807, 2.05) is 98.3 Å². The summed E-state index contributed by atoms with van der Waals surface area (Å²) < 4.78 is 1.94. The second kappa shape index (κ2) is 9.72. The molecule has 1 amide bonds. The Balaban J connectivity index is 1.42. The first-order valence-electron chi connectivity index (χ1n) is 11.3. The van der Waals surface area contributed by atoms with Crippen molar-refractivity contribution in [3.05, 3.63) is 90.0 Å². The SMILES string of the molecule is Cc1ccc(C)c(NC(=O)CSc2nnc(-c3cc(-c4ccccc4)nc4ccccc34)n2C)c1. The molecule has 0 saturated heterocycles. The van der Waals surface area contributed by atoms with Gasteiger partial charge in [0.05, 0.1) is 17.0 Å². The van der Waals surface area contributed by atoms with Crippen molar-refractivity contribution in [2.24, 2.45) is 7.05 Å². The maximum Gasteiger partial charge on any atom is 0.234 e. The molecule has 0 saturated carbocycles. The molecule has 0 fully saturated rings. The van der Waals surface area contributed by atoms with Gasteiger partial charge >= 0.3 is 0 Å². The molecule has 0 unspecified atom stereocenters. The zero-order chi connectivity index (χ0) is 24.4. The van der Waals surface area contributed by atoms with Crippen molar-refractivity contribution in [1.29, 1.82) is 0 Å². The van der Waals surface area contributed by atoms with Gasteiger partial charge in [0.15, 0.2) is 11.0 Å². The number of thioether (sulfide) groups is 1. The van der Waals surface area contributed by atoms with Gasteiger partial charge in [-0.2, -0.15) is 0 Å². The number of para-hydroxylation sites is 1. The van der Waals surface area contributed by atoms with Crippen LogP contribution in [-0.4, -0.2) is 31.4 Å². The summed E-state index contributed by atoms with van der Waals surface area (Å²) in [5.74, 6) is 0.901. The van der Waals surface area contributed by atoms with Gasteiger partial charge in [0.1, 0.15) is 0 Å². The van der Waals surface area contributed by atoms with Crippen molar-refractivity contribution in [2.45, 2.75) is 19.0 Å². The highest BCUT2D eigenvalue weighted by atomic mass is 32.2. The van der Waals surface area contributed by atoms with Crippen LogP contribution in [0.15, 0.2) is 84.0 Å². The molecule has 0 bridgehead atoms. The van der Waals surface area contributed by atoms with E-state index in [2.05, 4.69) is 21.6 Å². The molecule has 2 heterocycles. The average molecular weight is 480 g/mol. The normalized spacial score (nSPS) is 11.1. The largest absolute Gasteiger partial charge is 0.325 e. The predicted molar refractivity (Wildman–Crippen MR) is 142 cm³/mol. The highest BCUT2D eigenvalue weighted by Gasteiger charge is 2.17. The van der Waals surface area contributed by atoms with Gasteiger partial charge in [-0.25, -0.2) is 4.98 Å². The topological polar surface area (TPSA) is 72.7 Å². The first-order valence-corrected chi connectivity index (χ1v) is 12.3. The van der Waals surface area contributed by atoms with Gasteiger partial charge in [0.25, 0.3) is 0 Å². The number of carbonyl (C=O) groups excluding carboxylic acids is 1. The Bertz CT molecular complexity index is 1530. The van der Waals surface area contributed by atoms with E-state index in [9.17, 15) is 4.79 Å². The lowest BCUT2D eigenvalue weighted by Crippen LogP contribution is -2.15. The highest BCUT2D eigenvalue weighted by Crippen LogP contribution is 2.32. The molecule has 0 spiro atoms. The summed E-state index contributed by atoms with van der Waals surface area (Å²) >= 11 is 1.37. The van der Waals surface area contributed by atoms with Crippen molar-refractivity contribution in [3.63, 3.8) is 0 Å². The van der Waals surface area contributed by atoms with Crippen LogP contribution in [0.5, 0.6) is 0 Å². The molecule has 1 N–H and O–H groups in total. The van der Waals surface area contributed by atoms with Crippen LogP contribution in [0.1, 0.15) is 11.1 Å². The Morgan fingerprint density at radius 2 is 1.71 bits per heavy atom. The molecule has 0 radical (unpaired) electrons. The van der Waals surface area contributed by atoms with E-state index >= 15 is 0 Å². The number of fused-ring (bicyclic) bond motifs is 1. The molecule has 0 aliphatic rings. The number of pyridine rings is 1. The summed E-state index contributed by atoms with van der Waals surface area (Å²) in [7, 11) is 1.93. The maximum atomic E-state index is 12.6. The van der Waals surface area contributed by atoms with Crippen LogP contribution in [0.4, 0.5) is 5.69 Å². The van der Waals surface area contributed by atoms with Crippen LogP contribution in [0, 0.1) is 13.8 Å². The Hall–Kier alpha value is -3.97. The lowest BCUT2D eigenvalue weighted by atomic mass is 10.0. The van der Waals surface area contributed by atoms with Crippen LogP contribution in [-0.2, 0) is 11.8 Å². The van der Waals surface area contributed by atoms with Crippen LogP contribution in [0.25, 0.3) is 33.5 Å². The fourth-order valence-corrected chi connectivity index (χ4v) is 4.69. The zero-order valence-corrected chi connectivity index (χ0v) is 20.6. The van der Waals surface area contributed by atoms with Crippen molar-refractivity contribution in [2.75, 3.05) is 11.1 Å². The fraction of sp³-hybridized carbons (Fsp3) is 0.143. The number of anilines is 1. The summed E-state index contributed by atoms with van der Waals surface area (Å²) in [6.07, 6.45) is 0. The molecular weight excluding hydrogens is 454 g/mol. The molecular formula is C28H25N5OS.